The maximum atomic E-state index is 12.6. The molecule has 0 aromatic rings. The highest BCUT2D eigenvalue weighted by molar-refractivity contribution is 7.99. The van der Waals surface area contributed by atoms with Crippen LogP contribution in [0.3, 0.4) is 0 Å². The highest BCUT2D eigenvalue weighted by atomic mass is 32.2. The van der Waals surface area contributed by atoms with Gasteiger partial charge in [-0.1, -0.05) is 13.0 Å². The van der Waals surface area contributed by atoms with Crippen LogP contribution in [0.15, 0.2) is 11.6 Å². The Kier molecular flexibility index (Phi) is 21.4. The SMILES string of the molecule is C/C=C(\C)C(=O)OC(C=O)(CC(=O)C(C)SC)CC(C)C(=O)OCOC(=O)CCCOC(=O)CCCOC(=O)CCCOC. The smallest absolute Gasteiger partial charge is 0.334 e. The van der Waals surface area contributed by atoms with Gasteiger partial charge in [0.05, 0.1) is 30.8 Å². The number of carbonyl (C=O) groups excluding carboxylic acids is 7. The number of ketones is 1. The molecule has 0 aliphatic heterocycles. The van der Waals surface area contributed by atoms with E-state index in [1.165, 1.54) is 31.7 Å². The molecule has 0 bridgehead atoms. The van der Waals surface area contributed by atoms with Crippen molar-refractivity contribution in [2.45, 2.75) is 89.9 Å². The van der Waals surface area contributed by atoms with E-state index in [2.05, 4.69) is 0 Å². The van der Waals surface area contributed by atoms with Crippen LogP contribution in [0.5, 0.6) is 0 Å². The van der Waals surface area contributed by atoms with Crippen molar-refractivity contribution in [3.05, 3.63) is 11.6 Å². The van der Waals surface area contributed by atoms with Gasteiger partial charge in [0, 0.05) is 45.0 Å². The summed E-state index contributed by atoms with van der Waals surface area (Å²) in [5, 5.41) is -0.464. The lowest BCUT2D eigenvalue weighted by Crippen LogP contribution is -2.43. The van der Waals surface area contributed by atoms with Gasteiger partial charge in [-0.2, -0.15) is 11.8 Å². The van der Waals surface area contributed by atoms with Crippen LogP contribution in [0.1, 0.15) is 79.1 Å². The second-order valence-corrected chi connectivity index (χ2v) is 11.2. The molecule has 0 radical (unpaired) electrons. The van der Waals surface area contributed by atoms with E-state index in [4.69, 9.17) is 28.4 Å². The van der Waals surface area contributed by atoms with Gasteiger partial charge >= 0.3 is 29.8 Å². The second-order valence-electron chi connectivity index (χ2n) is 10.0. The third kappa shape index (κ3) is 17.8. The predicted octanol–water partition coefficient (Wildman–Crippen LogP) is 3.29. The quantitative estimate of drug-likeness (QED) is 0.0373. The van der Waals surface area contributed by atoms with E-state index in [-0.39, 0.29) is 62.6 Å². The zero-order valence-corrected chi connectivity index (χ0v) is 27.3. The third-order valence-electron chi connectivity index (χ3n) is 6.33. The van der Waals surface area contributed by atoms with Crippen LogP contribution in [0, 0.1) is 5.92 Å². The number of thioether (sulfide) groups is 1. The van der Waals surface area contributed by atoms with Gasteiger partial charge in [-0.15, -0.1) is 0 Å². The number of aldehydes is 1. The molecule has 0 rings (SSSR count). The largest absolute Gasteiger partial charge is 0.466 e. The molecule has 14 heteroatoms. The fourth-order valence-corrected chi connectivity index (χ4v) is 3.84. The zero-order valence-electron chi connectivity index (χ0n) is 26.5. The topological polar surface area (TPSA) is 175 Å². The van der Waals surface area contributed by atoms with E-state index in [0.29, 0.717) is 25.7 Å². The first-order valence-electron chi connectivity index (χ1n) is 14.3. The number of hydrogen-bond donors (Lipinski definition) is 0. The monoisotopic (exact) mass is 646 g/mol. The van der Waals surface area contributed by atoms with Crippen molar-refractivity contribution in [1.82, 2.24) is 0 Å². The van der Waals surface area contributed by atoms with Crippen molar-refractivity contribution >= 4 is 53.7 Å². The van der Waals surface area contributed by atoms with E-state index in [1.54, 1.807) is 27.2 Å². The summed E-state index contributed by atoms with van der Waals surface area (Å²) in [6.45, 7) is 6.03. The Labute approximate surface area is 263 Å². The third-order valence-corrected chi connectivity index (χ3v) is 7.30. The lowest BCUT2D eigenvalue weighted by molar-refractivity contribution is -0.175. The van der Waals surface area contributed by atoms with Crippen molar-refractivity contribution in [2.75, 3.05) is 40.0 Å². The Balaban J connectivity index is 4.56. The molecule has 44 heavy (non-hydrogen) atoms. The van der Waals surface area contributed by atoms with Crippen molar-refractivity contribution < 1.29 is 62.0 Å². The number of allylic oxidation sites excluding steroid dienone is 1. The van der Waals surface area contributed by atoms with Crippen LogP contribution in [0.4, 0.5) is 0 Å². The van der Waals surface area contributed by atoms with Gasteiger partial charge in [0.2, 0.25) is 6.79 Å². The summed E-state index contributed by atoms with van der Waals surface area (Å²) in [6, 6.07) is 0. The van der Waals surface area contributed by atoms with Gasteiger partial charge in [0.15, 0.2) is 11.9 Å². The first-order valence-corrected chi connectivity index (χ1v) is 15.6. The molecule has 0 aromatic heterocycles. The summed E-state index contributed by atoms with van der Waals surface area (Å²) < 4.78 is 30.2. The Morgan fingerprint density at radius 3 is 1.82 bits per heavy atom. The van der Waals surface area contributed by atoms with Crippen molar-refractivity contribution in [3.63, 3.8) is 0 Å². The maximum Gasteiger partial charge on any atom is 0.334 e. The van der Waals surface area contributed by atoms with Crippen LogP contribution in [0.2, 0.25) is 0 Å². The summed E-state index contributed by atoms with van der Waals surface area (Å²) in [7, 11) is 1.54. The standard InChI is InChI=1S/C30H46O13S/c1-7-21(2)29(37)43-30(19-31,18-24(32)23(4)44-6)17-22(3)28(36)42-20-41-27(35)13-10-16-40-26(34)12-9-15-39-25(33)11-8-14-38-5/h7,19,22-23H,8-18,20H2,1-6H3/b21-7+. The predicted molar refractivity (Wildman–Crippen MR) is 159 cm³/mol. The van der Waals surface area contributed by atoms with E-state index >= 15 is 0 Å². The van der Waals surface area contributed by atoms with Crippen molar-refractivity contribution in [2.24, 2.45) is 5.92 Å². The van der Waals surface area contributed by atoms with Crippen molar-refractivity contribution in [3.8, 4) is 0 Å². The normalized spacial score (nSPS) is 13.9. The fraction of sp³-hybridized carbons (Fsp3) is 0.700. The zero-order chi connectivity index (χ0) is 33.5. The minimum absolute atomic E-state index is 0.0331. The van der Waals surface area contributed by atoms with Gasteiger partial charge in [-0.05, 0) is 46.3 Å². The molecule has 0 aliphatic rings. The molecule has 250 valence electrons. The second kappa shape index (κ2) is 23.2. The molecule has 0 spiro atoms. The number of Topliss-reactive ketones (excluding diaryl/α,β-unsaturated/α-hetero) is 1. The Morgan fingerprint density at radius 1 is 0.818 bits per heavy atom. The molecule has 0 amide bonds. The number of rotatable bonds is 24. The molecule has 3 unspecified atom stereocenters. The molecule has 0 fully saturated rings. The minimum atomic E-state index is -1.89. The molecule has 0 aromatic carbocycles. The number of methoxy groups -OCH3 is 1. The number of esters is 5. The lowest BCUT2D eigenvalue weighted by Gasteiger charge is -2.30. The molecule has 0 heterocycles. The molecule has 13 nitrogen and oxygen atoms in total. The first kappa shape index (κ1) is 40.7. The molecule has 3 atom stereocenters. The van der Waals surface area contributed by atoms with E-state index in [0.717, 1.165) is 0 Å². The average molecular weight is 647 g/mol. The summed E-state index contributed by atoms with van der Waals surface area (Å²) in [6.07, 6.45) is 4.06. The van der Waals surface area contributed by atoms with Crippen LogP contribution in [0.25, 0.3) is 0 Å². The molecule has 0 N–H and O–H groups in total. The molecular formula is C30H46O13S. The van der Waals surface area contributed by atoms with Gasteiger partial charge in [0.1, 0.15) is 5.78 Å². The Morgan fingerprint density at radius 2 is 1.34 bits per heavy atom. The number of hydrogen-bond acceptors (Lipinski definition) is 14. The Bertz CT molecular complexity index is 993. The van der Waals surface area contributed by atoms with Crippen LogP contribution < -0.4 is 0 Å². The van der Waals surface area contributed by atoms with Gasteiger partial charge in [-0.3, -0.25) is 28.8 Å². The van der Waals surface area contributed by atoms with Crippen LogP contribution >= 0.6 is 11.8 Å². The maximum absolute atomic E-state index is 12.6. The van der Waals surface area contributed by atoms with Gasteiger partial charge in [0.25, 0.3) is 0 Å². The number of ether oxygens (including phenoxy) is 6. The van der Waals surface area contributed by atoms with Crippen LogP contribution in [-0.4, -0.2) is 92.7 Å². The summed E-state index contributed by atoms with van der Waals surface area (Å²) >= 11 is 1.27. The minimum Gasteiger partial charge on any atom is -0.466 e. The highest BCUT2D eigenvalue weighted by Crippen LogP contribution is 2.28. The molecule has 0 aliphatic carbocycles. The summed E-state index contributed by atoms with van der Waals surface area (Å²) in [5.74, 6) is -4.51. The number of carbonyl (C=O) groups is 7. The van der Waals surface area contributed by atoms with E-state index < -0.39 is 53.9 Å². The fourth-order valence-electron chi connectivity index (χ4n) is 3.50. The molecule has 0 saturated heterocycles. The molecule has 0 saturated carbocycles. The summed E-state index contributed by atoms with van der Waals surface area (Å²) in [5.41, 5.74) is -1.66. The Hall–Kier alpha value is -3.26. The van der Waals surface area contributed by atoms with Gasteiger partial charge < -0.3 is 28.4 Å². The first-order chi connectivity index (χ1) is 20.8. The van der Waals surface area contributed by atoms with Crippen LogP contribution in [-0.2, 0) is 62.0 Å². The molecular weight excluding hydrogens is 600 g/mol. The van der Waals surface area contributed by atoms with Crippen molar-refractivity contribution in [1.29, 1.82) is 0 Å². The summed E-state index contributed by atoms with van der Waals surface area (Å²) in [4.78, 5) is 85.0. The average Bonchev–Trinajstić information content (AvgIpc) is 3.00. The lowest BCUT2D eigenvalue weighted by atomic mass is 9.87. The highest BCUT2D eigenvalue weighted by Gasteiger charge is 2.41. The van der Waals surface area contributed by atoms with E-state index in [9.17, 15) is 33.6 Å². The van der Waals surface area contributed by atoms with E-state index in [1.807, 2.05) is 0 Å². The van der Waals surface area contributed by atoms with Gasteiger partial charge in [-0.25, -0.2) is 4.79 Å².